The normalized spacial score (nSPS) is 11.3. The van der Waals surface area contributed by atoms with Crippen molar-refractivity contribution in [1.29, 1.82) is 0 Å². The van der Waals surface area contributed by atoms with Crippen LogP contribution in [-0.4, -0.2) is 26.2 Å². The van der Waals surface area contributed by atoms with Crippen LogP contribution in [0, 0.1) is 6.92 Å². The zero-order valence-electron chi connectivity index (χ0n) is 14.6. The topological polar surface area (TPSA) is 80.4 Å². The van der Waals surface area contributed by atoms with E-state index in [1.165, 1.54) is 10.9 Å². The average Bonchev–Trinajstić information content (AvgIpc) is 2.70. The molecule has 0 bridgehead atoms. The predicted octanol–water partition coefficient (Wildman–Crippen LogP) is 3.35. The lowest BCUT2D eigenvalue weighted by Crippen LogP contribution is -2.24. The van der Waals surface area contributed by atoms with Gasteiger partial charge in [0.2, 0.25) is 0 Å². The van der Waals surface area contributed by atoms with Crippen LogP contribution in [0.25, 0.3) is 22.0 Å². The highest BCUT2D eigenvalue weighted by Crippen LogP contribution is 2.25. The lowest BCUT2D eigenvalue weighted by Gasteiger charge is -2.07. The van der Waals surface area contributed by atoms with Gasteiger partial charge in [0.05, 0.1) is 6.21 Å². The molecule has 1 N–H and O–H groups in total. The third-order valence-corrected chi connectivity index (χ3v) is 4.29. The Kier molecular flexibility index (Phi) is 4.22. The molecule has 132 valence electrons. The molecule has 27 heavy (non-hydrogen) atoms. The molecule has 3 aromatic carbocycles. The molecule has 0 saturated carbocycles. The molecule has 0 atom stereocenters. The Morgan fingerprint density at radius 1 is 0.963 bits per heavy atom. The zero-order valence-corrected chi connectivity index (χ0v) is 14.6. The van der Waals surface area contributed by atoms with Gasteiger partial charge in [0.25, 0.3) is 0 Å². The van der Waals surface area contributed by atoms with E-state index in [0.717, 1.165) is 10.8 Å². The second-order valence-corrected chi connectivity index (χ2v) is 6.04. The van der Waals surface area contributed by atoms with E-state index in [2.05, 4.69) is 15.3 Å². The Morgan fingerprint density at radius 2 is 1.70 bits per heavy atom. The minimum absolute atomic E-state index is 0.0912. The number of nitrogens with zero attached hydrogens (tertiary/aromatic N) is 4. The van der Waals surface area contributed by atoms with Gasteiger partial charge >= 0.3 is 5.56 Å². The summed E-state index contributed by atoms with van der Waals surface area (Å²) in [5.41, 5.74) is 1.06. The maximum atomic E-state index is 12.8. The van der Waals surface area contributed by atoms with E-state index < -0.39 is 0 Å². The van der Waals surface area contributed by atoms with Gasteiger partial charge < -0.3 is 5.11 Å². The molecule has 6 nitrogen and oxygen atoms in total. The molecule has 0 aliphatic carbocycles. The van der Waals surface area contributed by atoms with Crippen molar-refractivity contribution in [2.45, 2.75) is 6.92 Å². The maximum absolute atomic E-state index is 12.8. The van der Waals surface area contributed by atoms with Crippen LogP contribution in [0.2, 0.25) is 0 Å². The summed E-state index contributed by atoms with van der Waals surface area (Å²) in [6, 6.07) is 20.2. The van der Waals surface area contributed by atoms with Crippen molar-refractivity contribution >= 4 is 17.0 Å². The number of rotatable bonds is 3. The lowest BCUT2D eigenvalue weighted by molar-refractivity contribution is 0.475. The monoisotopic (exact) mass is 356 g/mol. The van der Waals surface area contributed by atoms with Crippen molar-refractivity contribution in [3.8, 4) is 17.0 Å². The van der Waals surface area contributed by atoms with Crippen molar-refractivity contribution in [3.63, 3.8) is 0 Å². The summed E-state index contributed by atoms with van der Waals surface area (Å²) >= 11 is 0. The first kappa shape index (κ1) is 16.7. The van der Waals surface area contributed by atoms with Gasteiger partial charge in [-0.25, -0.2) is 0 Å². The van der Waals surface area contributed by atoms with Crippen LogP contribution in [0.4, 0.5) is 0 Å². The molecule has 0 saturated heterocycles. The first-order valence-corrected chi connectivity index (χ1v) is 8.42. The Morgan fingerprint density at radius 3 is 2.52 bits per heavy atom. The molecule has 4 aromatic rings. The Balaban J connectivity index is 1.85. The van der Waals surface area contributed by atoms with E-state index in [-0.39, 0.29) is 17.0 Å². The average molecular weight is 356 g/mol. The molecule has 0 unspecified atom stereocenters. The van der Waals surface area contributed by atoms with Crippen molar-refractivity contribution < 1.29 is 5.11 Å². The molecule has 6 heteroatoms. The number of phenols is 1. The highest BCUT2D eigenvalue weighted by Gasteiger charge is 2.11. The lowest BCUT2D eigenvalue weighted by atomic mass is 10.0. The number of benzene rings is 3. The van der Waals surface area contributed by atoms with Gasteiger partial charge in [-0.05, 0) is 23.8 Å². The van der Waals surface area contributed by atoms with Gasteiger partial charge in [-0.1, -0.05) is 60.7 Å². The molecule has 0 spiro atoms. The summed E-state index contributed by atoms with van der Waals surface area (Å²) in [5, 5.41) is 24.4. The number of aromatic nitrogens is 3. The molecule has 0 radical (unpaired) electrons. The minimum atomic E-state index is -0.371. The van der Waals surface area contributed by atoms with Crippen LogP contribution in [0.5, 0.6) is 5.75 Å². The van der Waals surface area contributed by atoms with Gasteiger partial charge in [0.15, 0.2) is 11.5 Å². The summed E-state index contributed by atoms with van der Waals surface area (Å²) < 4.78 is 1.19. The van der Waals surface area contributed by atoms with Crippen LogP contribution < -0.4 is 5.56 Å². The third-order valence-electron chi connectivity index (χ3n) is 4.29. The van der Waals surface area contributed by atoms with E-state index >= 15 is 0 Å². The molecule has 1 aromatic heterocycles. The Labute approximate surface area is 155 Å². The first-order chi connectivity index (χ1) is 13.1. The smallest absolute Gasteiger partial charge is 0.301 e. The summed E-state index contributed by atoms with van der Waals surface area (Å²) in [4.78, 5) is 12.8. The fraction of sp³-hybridized carbons (Fsp3) is 0.0476. The summed E-state index contributed by atoms with van der Waals surface area (Å²) in [6.07, 6.45) is 1.47. The van der Waals surface area contributed by atoms with Crippen molar-refractivity contribution in [2.24, 2.45) is 5.10 Å². The summed E-state index contributed by atoms with van der Waals surface area (Å²) in [6.45, 7) is 1.66. The van der Waals surface area contributed by atoms with Crippen LogP contribution in [-0.2, 0) is 0 Å². The molecule has 0 fully saturated rings. The second-order valence-electron chi connectivity index (χ2n) is 6.04. The molecule has 4 rings (SSSR count). The standard InChI is InChI=1S/C21H16N4O2/c1-14-23-24-20(16-8-3-2-4-9-16)21(27)25(14)22-13-18-17-10-6-5-7-15(17)11-12-19(18)26/h2-13,26H,1H3/b22-13+. The molecule has 0 aliphatic rings. The number of hydrogen-bond donors (Lipinski definition) is 1. The highest BCUT2D eigenvalue weighted by molar-refractivity contribution is 6.02. The molecular formula is C21H16N4O2. The number of fused-ring (bicyclic) bond motifs is 1. The van der Waals surface area contributed by atoms with Crippen LogP contribution in [0.1, 0.15) is 11.4 Å². The molecule has 1 heterocycles. The summed E-state index contributed by atoms with van der Waals surface area (Å²) in [7, 11) is 0. The number of hydrogen-bond acceptors (Lipinski definition) is 5. The maximum Gasteiger partial charge on any atom is 0.301 e. The van der Waals surface area contributed by atoms with E-state index in [1.54, 1.807) is 25.1 Å². The van der Waals surface area contributed by atoms with Crippen LogP contribution in [0.3, 0.4) is 0 Å². The minimum Gasteiger partial charge on any atom is -0.507 e. The SMILES string of the molecule is Cc1nnc(-c2ccccc2)c(=O)n1/N=C/c1c(O)ccc2ccccc12. The number of aryl methyl sites for hydroxylation is 1. The largest absolute Gasteiger partial charge is 0.507 e. The highest BCUT2D eigenvalue weighted by atomic mass is 16.3. The quantitative estimate of drug-likeness (QED) is 0.571. The van der Waals surface area contributed by atoms with Gasteiger partial charge in [-0.3, -0.25) is 4.79 Å². The number of aromatic hydroxyl groups is 1. The first-order valence-electron chi connectivity index (χ1n) is 8.42. The van der Waals surface area contributed by atoms with Crippen LogP contribution >= 0.6 is 0 Å². The van der Waals surface area contributed by atoms with E-state index in [1.807, 2.05) is 48.5 Å². The summed E-state index contributed by atoms with van der Waals surface area (Å²) in [5.74, 6) is 0.448. The van der Waals surface area contributed by atoms with Gasteiger partial charge in [-0.2, -0.15) is 9.78 Å². The fourth-order valence-corrected chi connectivity index (χ4v) is 2.90. The molecule has 0 aliphatic heterocycles. The van der Waals surface area contributed by atoms with Gasteiger partial charge in [0.1, 0.15) is 5.75 Å². The number of phenolic OH excluding ortho intramolecular Hbond substituents is 1. The van der Waals surface area contributed by atoms with Crippen molar-refractivity contribution in [1.82, 2.24) is 14.9 Å². The van der Waals surface area contributed by atoms with E-state index in [4.69, 9.17) is 0 Å². The van der Waals surface area contributed by atoms with Gasteiger partial charge in [-0.15, -0.1) is 10.2 Å². The molecular weight excluding hydrogens is 340 g/mol. The fourth-order valence-electron chi connectivity index (χ4n) is 2.90. The Bertz CT molecular complexity index is 1210. The van der Waals surface area contributed by atoms with Crippen molar-refractivity contribution in [2.75, 3.05) is 0 Å². The zero-order chi connectivity index (χ0) is 18.8. The predicted molar refractivity (Wildman–Crippen MR) is 105 cm³/mol. The van der Waals surface area contributed by atoms with Crippen LogP contribution in [0.15, 0.2) is 76.6 Å². The second kappa shape index (κ2) is 6.84. The Hall–Kier alpha value is -3.80. The third kappa shape index (κ3) is 3.08. The van der Waals surface area contributed by atoms with Crippen molar-refractivity contribution in [3.05, 3.63) is 88.5 Å². The molecule has 0 amide bonds. The van der Waals surface area contributed by atoms with E-state index in [0.29, 0.717) is 17.0 Å². The van der Waals surface area contributed by atoms with E-state index in [9.17, 15) is 9.90 Å². The van der Waals surface area contributed by atoms with Gasteiger partial charge in [0, 0.05) is 11.1 Å².